The molecule has 2 aromatic heterocycles. The third kappa shape index (κ3) is 2.20. The molecule has 3 rings (SSSR count). The molecule has 0 radical (unpaired) electrons. The number of nitrogens with two attached hydrogens (primary N) is 1. The van der Waals surface area contributed by atoms with E-state index in [4.69, 9.17) is 5.73 Å². The molecule has 1 amide bonds. The van der Waals surface area contributed by atoms with Crippen molar-refractivity contribution < 1.29 is 4.79 Å². The van der Waals surface area contributed by atoms with Gasteiger partial charge in [-0.1, -0.05) is 0 Å². The number of fused-ring (bicyclic) bond motifs is 1. The Morgan fingerprint density at radius 2 is 2.30 bits per heavy atom. The molecule has 1 atom stereocenters. The van der Waals surface area contributed by atoms with Gasteiger partial charge in [-0.25, -0.2) is 4.98 Å². The maximum Gasteiger partial charge on any atom is 0.229 e. The molecule has 2 aromatic rings. The van der Waals surface area contributed by atoms with Crippen LogP contribution >= 0.6 is 11.3 Å². The topological polar surface area (TPSA) is 64.2 Å². The van der Waals surface area contributed by atoms with E-state index in [1.807, 2.05) is 10.3 Å². The maximum absolute atomic E-state index is 12.4. The van der Waals surface area contributed by atoms with Gasteiger partial charge < -0.3 is 15.2 Å². The highest BCUT2D eigenvalue weighted by Crippen LogP contribution is 2.27. The van der Waals surface area contributed by atoms with Gasteiger partial charge in [-0.05, 0) is 26.0 Å². The summed E-state index contributed by atoms with van der Waals surface area (Å²) in [5.74, 6) is 0.118. The molecule has 6 heteroatoms. The summed E-state index contributed by atoms with van der Waals surface area (Å²) in [5.41, 5.74) is 8.83. The van der Waals surface area contributed by atoms with Crippen LogP contribution < -0.4 is 5.73 Å². The number of aryl methyl sites for hydroxylation is 1. The van der Waals surface area contributed by atoms with Crippen molar-refractivity contribution in [2.45, 2.75) is 32.9 Å². The van der Waals surface area contributed by atoms with Crippen LogP contribution in [-0.2, 0) is 17.8 Å². The van der Waals surface area contributed by atoms with E-state index in [0.717, 1.165) is 18.8 Å². The van der Waals surface area contributed by atoms with Crippen molar-refractivity contribution in [2.24, 2.45) is 0 Å². The molecule has 3 heterocycles. The van der Waals surface area contributed by atoms with E-state index in [9.17, 15) is 4.79 Å². The predicted molar refractivity (Wildman–Crippen MR) is 79.5 cm³/mol. The number of hydrogen-bond donors (Lipinski definition) is 1. The number of hydrogen-bond acceptors (Lipinski definition) is 4. The van der Waals surface area contributed by atoms with Crippen molar-refractivity contribution in [1.82, 2.24) is 14.5 Å². The Balaban J connectivity index is 1.76. The number of carbonyl (C=O) groups excluding carboxylic acids is 1. The van der Waals surface area contributed by atoms with Crippen LogP contribution in [0, 0.1) is 6.92 Å². The van der Waals surface area contributed by atoms with Gasteiger partial charge in [-0.3, -0.25) is 4.79 Å². The van der Waals surface area contributed by atoms with Gasteiger partial charge in [0.15, 0.2) is 5.13 Å². The molecule has 0 saturated heterocycles. The summed E-state index contributed by atoms with van der Waals surface area (Å²) in [7, 11) is 0. The van der Waals surface area contributed by atoms with Gasteiger partial charge in [0.25, 0.3) is 0 Å². The Morgan fingerprint density at radius 3 is 3.00 bits per heavy atom. The lowest BCUT2D eigenvalue weighted by Crippen LogP contribution is -2.41. The summed E-state index contributed by atoms with van der Waals surface area (Å²) in [4.78, 5) is 18.5. The van der Waals surface area contributed by atoms with Gasteiger partial charge in [0.05, 0.1) is 18.2 Å². The van der Waals surface area contributed by atoms with Crippen LogP contribution in [0.15, 0.2) is 17.5 Å². The molecule has 1 unspecified atom stereocenters. The molecule has 5 nitrogen and oxygen atoms in total. The molecule has 1 aliphatic rings. The number of nitrogens with zero attached hydrogens (tertiary/aromatic N) is 3. The minimum atomic E-state index is 0.112. The third-order valence-corrected chi connectivity index (χ3v) is 4.64. The molecule has 0 bridgehead atoms. The highest BCUT2D eigenvalue weighted by molar-refractivity contribution is 7.13. The van der Waals surface area contributed by atoms with Gasteiger partial charge in [0, 0.05) is 29.9 Å². The van der Waals surface area contributed by atoms with Gasteiger partial charge in [0.1, 0.15) is 0 Å². The van der Waals surface area contributed by atoms with Crippen molar-refractivity contribution in [3.8, 4) is 0 Å². The zero-order valence-corrected chi connectivity index (χ0v) is 12.5. The van der Waals surface area contributed by atoms with Gasteiger partial charge in [0.2, 0.25) is 5.91 Å². The first-order chi connectivity index (χ1) is 9.56. The molecule has 106 valence electrons. The quantitative estimate of drug-likeness (QED) is 0.920. The lowest BCUT2D eigenvalue weighted by molar-refractivity contribution is -0.133. The van der Waals surface area contributed by atoms with E-state index in [-0.39, 0.29) is 11.9 Å². The van der Waals surface area contributed by atoms with E-state index in [0.29, 0.717) is 11.6 Å². The number of rotatable bonds is 2. The first-order valence-corrected chi connectivity index (χ1v) is 7.59. The Bertz CT molecular complexity index is 645. The van der Waals surface area contributed by atoms with Crippen LogP contribution in [0.3, 0.4) is 0 Å². The minimum Gasteiger partial charge on any atom is -0.375 e. The number of carbonyl (C=O) groups is 1. The molecule has 0 aromatic carbocycles. The molecule has 20 heavy (non-hydrogen) atoms. The van der Waals surface area contributed by atoms with Gasteiger partial charge in [-0.15, -0.1) is 11.3 Å². The average molecular weight is 290 g/mol. The van der Waals surface area contributed by atoms with Crippen molar-refractivity contribution in [3.63, 3.8) is 0 Å². The second-order valence-electron chi connectivity index (χ2n) is 5.17. The standard InChI is InChI=1S/C14H18N4OS/c1-9-3-4-12-10(2)18(6-5-17(9)12)13(19)7-11-8-20-14(15)16-11/h3-4,8,10H,5-7H2,1-2H3,(H2,15,16). The fourth-order valence-corrected chi connectivity index (χ4v) is 3.38. The van der Waals surface area contributed by atoms with Crippen LogP contribution in [0.1, 0.15) is 30.0 Å². The minimum absolute atomic E-state index is 0.112. The Morgan fingerprint density at radius 1 is 1.50 bits per heavy atom. The summed E-state index contributed by atoms with van der Waals surface area (Å²) in [5, 5.41) is 2.37. The lowest BCUT2D eigenvalue weighted by atomic mass is 10.1. The number of thiazole rings is 1. The molecule has 0 saturated carbocycles. The normalized spacial score (nSPS) is 18.1. The Hall–Kier alpha value is -1.82. The SMILES string of the molecule is Cc1ccc2n1CCN(C(=O)Cc1csc(N)n1)C2C. The fourth-order valence-electron chi connectivity index (χ4n) is 2.82. The van der Waals surface area contributed by atoms with Crippen LogP contribution in [0.2, 0.25) is 0 Å². The van der Waals surface area contributed by atoms with Crippen LogP contribution in [0.4, 0.5) is 5.13 Å². The van der Waals surface area contributed by atoms with E-state index in [1.54, 1.807) is 0 Å². The van der Waals surface area contributed by atoms with E-state index < -0.39 is 0 Å². The predicted octanol–water partition coefficient (Wildman–Crippen LogP) is 1.98. The summed E-state index contributed by atoms with van der Waals surface area (Å²) in [6, 6.07) is 4.34. The molecule has 1 aliphatic heterocycles. The van der Waals surface area contributed by atoms with Crippen LogP contribution in [0.25, 0.3) is 0 Å². The lowest BCUT2D eigenvalue weighted by Gasteiger charge is -2.35. The monoisotopic (exact) mass is 290 g/mol. The zero-order valence-electron chi connectivity index (χ0n) is 11.7. The van der Waals surface area contributed by atoms with E-state index in [1.165, 1.54) is 22.7 Å². The van der Waals surface area contributed by atoms with Crippen molar-refractivity contribution in [3.05, 3.63) is 34.6 Å². The van der Waals surface area contributed by atoms with Crippen molar-refractivity contribution in [1.29, 1.82) is 0 Å². The second-order valence-corrected chi connectivity index (χ2v) is 6.06. The Labute approximate surface area is 122 Å². The van der Waals surface area contributed by atoms with Crippen LogP contribution in [0.5, 0.6) is 0 Å². The molecular formula is C14H18N4OS. The number of aromatic nitrogens is 2. The largest absolute Gasteiger partial charge is 0.375 e. The molecule has 0 spiro atoms. The molecule has 0 aliphatic carbocycles. The molecule has 0 fully saturated rings. The summed E-state index contributed by atoms with van der Waals surface area (Å²) in [6.07, 6.45) is 0.331. The van der Waals surface area contributed by atoms with Gasteiger partial charge in [-0.2, -0.15) is 0 Å². The second kappa shape index (κ2) is 4.94. The highest BCUT2D eigenvalue weighted by atomic mass is 32.1. The third-order valence-electron chi connectivity index (χ3n) is 3.91. The number of anilines is 1. The van der Waals surface area contributed by atoms with Crippen molar-refractivity contribution >= 4 is 22.4 Å². The van der Waals surface area contributed by atoms with E-state index >= 15 is 0 Å². The first-order valence-electron chi connectivity index (χ1n) is 6.71. The fraction of sp³-hybridized carbons (Fsp3) is 0.429. The molecule has 2 N–H and O–H groups in total. The number of amides is 1. The highest BCUT2D eigenvalue weighted by Gasteiger charge is 2.28. The zero-order chi connectivity index (χ0) is 14.3. The number of nitrogen functional groups attached to an aromatic ring is 1. The van der Waals surface area contributed by atoms with Crippen LogP contribution in [-0.4, -0.2) is 26.9 Å². The summed E-state index contributed by atoms with van der Waals surface area (Å²) in [6.45, 7) is 5.80. The summed E-state index contributed by atoms with van der Waals surface area (Å²) >= 11 is 1.38. The first kappa shape index (κ1) is 13.2. The average Bonchev–Trinajstić information content (AvgIpc) is 2.97. The molecular weight excluding hydrogens is 272 g/mol. The van der Waals surface area contributed by atoms with Gasteiger partial charge >= 0.3 is 0 Å². The van der Waals surface area contributed by atoms with E-state index in [2.05, 4.69) is 35.5 Å². The Kier molecular flexibility index (Phi) is 3.25. The summed E-state index contributed by atoms with van der Waals surface area (Å²) < 4.78 is 2.29. The smallest absolute Gasteiger partial charge is 0.229 e. The maximum atomic E-state index is 12.4. The van der Waals surface area contributed by atoms with Crippen molar-refractivity contribution in [2.75, 3.05) is 12.3 Å².